The molecule has 1 fully saturated rings. The second-order valence-electron chi connectivity index (χ2n) is 3.33. The van der Waals surface area contributed by atoms with Gasteiger partial charge in [0.2, 0.25) is 5.28 Å². The Kier molecular flexibility index (Phi) is 3.62. The van der Waals surface area contributed by atoms with Crippen molar-refractivity contribution in [3.8, 4) is 0 Å². The van der Waals surface area contributed by atoms with Crippen molar-refractivity contribution >= 4 is 24.7 Å². The summed E-state index contributed by atoms with van der Waals surface area (Å²) in [7, 11) is -5.60. The molecule has 6 N–H and O–H groups in total. The fourth-order valence-electron chi connectivity index (χ4n) is 1.41. The van der Waals surface area contributed by atoms with Crippen LogP contribution >= 0.6 is 8.46 Å². The third-order valence-electron chi connectivity index (χ3n) is 2.23. The van der Waals surface area contributed by atoms with Gasteiger partial charge in [0.1, 0.15) is 0 Å². The predicted octanol–water partition coefficient (Wildman–Crippen LogP) is -2.20. The number of hydrogen-bond donors (Lipinski definition) is 4. The van der Waals surface area contributed by atoms with E-state index < -0.39 is 36.0 Å². The van der Waals surface area contributed by atoms with Crippen LogP contribution in [0.1, 0.15) is 6.42 Å². The van der Waals surface area contributed by atoms with Gasteiger partial charge in [0.15, 0.2) is 8.46 Å². The number of carbonyl (C=O) groups excluding carboxylic acids is 1. The van der Waals surface area contributed by atoms with Crippen molar-refractivity contribution in [2.24, 2.45) is 11.6 Å². The molecule has 0 aliphatic carbocycles. The molecule has 9 nitrogen and oxygen atoms in total. The molecule has 1 aliphatic rings. The van der Waals surface area contributed by atoms with Crippen LogP contribution in [-0.2, 0) is 19.7 Å². The Balaban J connectivity index is 3.17. The van der Waals surface area contributed by atoms with Gasteiger partial charge in [0.25, 0.3) is 5.91 Å². The average molecular weight is 270 g/mol. The topological polar surface area (TPSA) is 156 Å². The lowest BCUT2D eigenvalue weighted by Crippen LogP contribution is -2.69. The summed E-state index contributed by atoms with van der Waals surface area (Å²) >= 11 is 0. The molecule has 16 heavy (non-hydrogen) atoms. The lowest BCUT2D eigenvalue weighted by molar-refractivity contribution is -0.138. The maximum absolute atomic E-state index is 11.6. The molecular weight excluding hydrogens is 259 g/mol. The summed E-state index contributed by atoms with van der Waals surface area (Å²) < 4.78 is 42.6. The van der Waals surface area contributed by atoms with Crippen LogP contribution in [-0.4, -0.2) is 41.8 Å². The smallest absolute Gasteiger partial charge is 0.325 e. The van der Waals surface area contributed by atoms with E-state index in [1.54, 1.807) is 4.72 Å². The van der Waals surface area contributed by atoms with Crippen LogP contribution in [0.2, 0.25) is 0 Å². The van der Waals surface area contributed by atoms with Gasteiger partial charge < -0.3 is 5.73 Å². The number of hydrogen-bond acceptors (Lipinski definition) is 6. The quantitative estimate of drug-likeness (QED) is 0.196. The Bertz CT molecular complexity index is 413. The van der Waals surface area contributed by atoms with Crippen LogP contribution in [0.5, 0.6) is 0 Å². The van der Waals surface area contributed by atoms with E-state index in [-0.39, 0.29) is 13.0 Å². The highest BCUT2D eigenvalue weighted by Gasteiger charge is 2.52. The fourth-order valence-corrected chi connectivity index (χ4v) is 3.01. The summed E-state index contributed by atoms with van der Waals surface area (Å²) in [5, 5.41) is -1.44. The van der Waals surface area contributed by atoms with E-state index in [1.807, 2.05) is 0 Å². The molecule has 2 atom stereocenters. The van der Waals surface area contributed by atoms with Gasteiger partial charge >= 0.3 is 10.3 Å². The summed E-state index contributed by atoms with van der Waals surface area (Å²) in [5.41, 5.74) is 5.54. The number of nitrogens with zero attached hydrogens (tertiary/aromatic N) is 1. The largest absolute Gasteiger partial charge is 0.335 e. The summed E-state index contributed by atoms with van der Waals surface area (Å²) in [6, 6.07) is -1.04. The molecule has 1 rings (SSSR count). The van der Waals surface area contributed by atoms with Crippen molar-refractivity contribution in [2.45, 2.75) is 17.7 Å². The van der Waals surface area contributed by atoms with Gasteiger partial charge in [-0.25, -0.2) is 5.84 Å². The minimum atomic E-state index is -4.72. The van der Waals surface area contributed by atoms with Crippen LogP contribution < -0.4 is 16.3 Å². The van der Waals surface area contributed by atoms with Gasteiger partial charge in [-0.3, -0.25) is 18.9 Å². The van der Waals surface area contributed by atoms with Gasteiger partial charge in [0.05, 0.1) is 0 Å². The van der Waals surface area contributed by atoms with Crippen LogP contribution in [0.4, 0.5) is 0 Å². The van der Waals surface area contributed by atoms with Crippen molar-refractivity contribution in [2.75, 3.05) is 6.54 Å². The van der Waals surface area contributed by atoms with Gasteiger partial charge in [0, 0.05) is 12.6 Å². The molecule has 11 heteroatoms. The minimum absolute atomic E-state index is 0.116. The molecule has 0 aromatic rings. The van der Waals surface area contributed by atoms with E-state index in [4.69, 9.17) is 16.1 Å². The Morgan fingerprint density at radius 1 is 1.62 bits per heavy atom. The van der Waals surface area contributed by atoms with E-state index in [0.29, 0.717) is 5.01 Å². The molecule has 92 valence electrons. The van der Waals surface area contributed by atoms with Crippen molar-refractivity contribution in [3.63, 3.8) is 0 Å². The molecule has 1 heterocycles. The zero-order chi connectivity index (χ0) is 12.6. The van der Waals surface area contributed by atoms with Crippen molar-refractivity contribution < 1.29 is 22.3 Å². The second-order valence-corrected chi connectivity index (χ2v) is 5.37. The Hall–Kier alpha value is -0.640. The number of nitrogens with two attached hydrogens (primary N) is 2. The molecule has 1 aliphatic heterocycles. The Labute approximate surface area is 93.2 Å². The molecule has 0 aromatic heterocycles. The van der Waals surface area contributed by atoms with E-state index >= 15 is 0 Å². The van der Waals surface area contributed by atoms with Crippen LogP contribution in [0.3, 0.4) is 0 Å². The highest BCUT2D eigenvalue weighted by atomic mass is 32.2. The summed E-state index contributed by atoms with van der Waals surface area (Å²) in [5.74, 6) is 4.32. The standard InChI is InChI=1S/C5H11N4O5PS/c6-3-1-2-9(7)4(10)5(3,15-11)8-16(12,13)14/h3,8H,1-2,6-7H2,(H,12,13,14)/t3?,5-/m0/s1. The normalized spacial score (nSPS) is 32.1. The number of carbonyl (C=O) groups is 1. The maximum Gasteiger partial charge on any atom is 0.335 e. The number of hydrazine groups is 1. The molecule has 0 saturated carbocycles. The molecule has 1 saturated heterocycles. The molecule has 0 bridgehead atoms. The Morgan fingerprint density at radius 2 is 2.19 bits per heavy atom. The SMILES string of the molecule is NC1CCN(N)C(=O)[C@@]1(NS(=O)(=O)O)P=O. The van der Waals surface area contributed by atoms with Crippen LogP contribution in [0.25, 0.3) is 0 Å². The number of rotatable bonds is 3. The first-order chi connectivity index (χ1) is 7.23. The van der Waals surface area contributed by atoms with Crippen molar-refractivity contribution in [1.29, 1.82) is 0 Å². The first-order valence-electron chi connectivity index (χ1n) is 4.16. The molecular formula is C5H11N4O5PS. The minimum Gasteiger partial charge on any atom is -0.325 e. The Morgan fingerprint density at radius 3 is 2.62 bits per heavy atom. The maximum atomic E-state index is 11.6. The van der Waals surface area contributed by atoms with Gasteiger partial charge in [-0.05, 0) is 6.42 Å². The van der Waals surface area contributed by atoms with E-state index in [1.165, 1.54) is 0 Å². The predicted molar refractivity (Wildman–Crippen MR) is 53.5 cm³/mol. The van der Waals surface area contributed by atoms with Gasteiger partial charge in [-0.15, -0.1) is 0 Å². The summed E-state index contributed by atoms with van der Waals surface area (Å²) in [4.78, 5) is 11.6. The highest BCUT2D eigenvalue weighted by molar-refractivity contribution is 7.84. The van der Waals surface area contributed by atoms with Gasteiger partial charge in [-0.2, -0.15) is 13.1 Å². The third-order valence-corrected chi connectivity index (χ3v) is 3.89. The van der Waals surface area contributed by atoms with E-state index in [2.05, 4.69) is 0 Å². The number of piperidine rings is 1. The lowest BCUT2D eigenvalue weighted by atomic mass is 10.0. The first-order valence-corrected chi connectivity index (χ1v) is 6.41. The fraction of sp³-hybridized carbons (Fsp3) is 0.800. The molecule has 1 amide bonds. The summed E-state index contributed by atoms with van der Waals surface area (Å²) in [6.07, 6.45) is 0.153. The summed E-state index contributed by atoms with van der Waals surface area (Å²) in [6.45, 7) is 0.116. The zero-order valence-corrected chi connectivity index (χ0v) is 9.74. The monoisotopic (exact) mass is 270 g/mol. The molecule has 0 spiro atoms. The average Bonchev–Trinajstić information content (AvgIpc) is 2.17. The number of amides is 1. The molecule has 1 unspecified atom stereocenters. The van der Waals surface area contributed by atoms with Crippen LogP contribution in [0.15, 0.2) is 0 Å². The van der Waals surface area contributed by atoms with Crippen molar-refractivity contribution in [3.05, 3.63) is 0 Å². The van der Waals surface area contributed by atoms with Crippen molar-refractivity contribution in [1.82, 2.24) is 9.73 Å². The molecule has 0 aromatic carbocycles. The second kappa shape index (κ2) is 4.32. The third kappa shape index (κ3) is 2.37. The molecule has 0 radical (unpaired) electrons. The number of nitrogens with one attached hydrogen (secondary N) is 1. The van der Waals surface area contributed by atoms with Crippen LogP contribution in [0, 0.1) is 0 Å². The first kappa shape index (κ1) is 13.4. The lowest BCUT2D eigenvalue weighted by Gasteiger charge is -2.38. The van der Waals surface area contributed by atoms with Gasteiger partial charge in [-0.1, -0.05) is 0 Å². The highest BCUT2D eigenvalue weighted by Crippen LogP contribution is 2.30. The zero-order valence-electron chi connectivity index (χ0n) is 8.03. The van der Waals surface area contributed by atoms with E-state index in [9.17, 15) is 17.8 Å². The van der Waals surface area contributed by atoms with E-state index in [0.717, 1.165) is 0 Å².